The Bertz CT molecular complexity index is 9250. The molecule has 0 bridgehead atoms. The number of benzene rings is 6. The van der Waals surface area contributed by atoms with E-state index < -0.39 is 6.85 Å². The van der Waals surface area contributed by atoms with Gasteiger partial charge in [0.2, 0.25) is 68.4 Å². The van der Waals surface area contributed by atoms with E-state index >= 15 is 0 Å². The highest BCUT2D eigenvalue weighted by molar-refractivity contribution is 6.15. The van der Waals surface area contributed by atoms with E-state index in [9.17, 15) is 0 Å². The fraction of sp³-hybridized carbons (Fsp3) is 0.220. The van der Waals surface area contributed by atoms with Crippen LogP contribution in [0.4, 0.5) is 0 Å². The Labute approximate surface area is 825 Å². The lowest BCUT2D eigenvalue weighted by Crippen LogP contribution is -2.31. The summed E-state index contributed by atoms with van der Waals surface area (Å²) < 4.78 is 72.3. The Morgan fingerprint density at radius 1 is 0.227 bits per heavy atom. The number of hydrogen-bond acceptors (Lipinski definition) is 12. The second-order valence-electron chi connectivity index (χ2n) is 38.5. The monoisotopic (exact) mass is 1860 g/mol. The van der Waals surface area contributed by atoms with Gasteiger partial charge < -0.3 is 26.5 Å². The molecule has 0 aliphatic heterocycles. The van der Waals surface area contributed by atoms with Crippen LogP contribution in [0.25, 0.3) is 200 Å². The largest absolute Gasteiger partial charge is 0.437 e. The Morgan fingerprint density at radius 2 is 0.496 bits per heavy atom. The molecule has 18 heteroatoms. The Kier molecular flexibility index (Phi) is 24.3. The molecule has 6 aromatic carbocycles. The Balaban J connectivity index is 0.000000109. The molecule has 18 aromatic heterocycles. The zero-order valence-corrected chi connectivity index (χ0v) is 84.8. The van der Waals surface area contributed by atoms with E-state index in [1.807, 2.05) is 73.1 Å². The van der Waals surface area contributed by atoms with Crippen LogP contribution in [0, 0.1) is 104 Å². The maximum Gasteiger partial charge on any atom is 0.227 e. The summed E-state index contributed by atoms with van der Waals surface area (Å²) in [6, 6.07) is 64.7. The number of rotatable bonds is 8. The predicted molar refractivity (Wildman–Crippen MR) is 568 cm³/mol. The fourth-order valence-electron chi connectivity index (χ4n) is 20.2. The van der Waals surface area contributed by atoms with Gasteiger partial charge in [-0.1, -0.05) is 82.3 Å². The van der Waals surface area contributed by atoms with Gasteiger partial charge in [0.1, 0.15) is 42.3 Å². The molecule has 0 unspecified atom stereocenters. The maximum atomic E-state index is 7.58. The van der Waals surface area contributed by atoms with Crippen molar-refractivity contribution in [3.8, 4) is 67.5 Å². The molecule has 702 valence electrons. The number of fused-ring (bicyclic) bond motifs is 18. The molecule has 0 radical (unpaired) electrons. The molecule has 18 heterocycles. The Hall–Kier alpha value is -16.1. The molecule has 0 aliphatic rings. The summed E-state index contributed by atoms with van der Waals surface area (Å²) >= 11 is 0. The summed E-state index contributed by atoms with van der Waals surface area (Å²) in [5.41, 5.74) is 43.1. The van der Waals surface area contributed by atoms with Gasteiger partial charge in [-0.05, 0) is 273 Å². The summed E-state index contributed by atoms with van der Waals surface area (Å²) in [7, 11) is 12.3. The van der Waals surface area contributed by atoms with Crippen LogP contribution in [0.3, 0.4) is 0 Å². The SMILES string of the molecule is Cc1cc(-c2c(C)cc(C)c3c2oc2ncccc23)[n+](C)cc1C.Cc1cc(-c2c(C)ccc3c2oc2ncccc23)[n+](C)cc1C.Cc1cc(C)c2c(oc3ncccc32)c1-c1cc(C(C)C)cc[n+]1C.Cc1ccc(-c2c(C)cc(C)c3c2oc2ncccc23)[n+](C)c1.Cc1ccc2c(oc3ncccc32)c1-c1cc(C(C)C)cc[n+]1C.[2H]C([2H])([2H])c1ccc(-c2c(C)ccc3c2oc2ncccc23)[n+](C)c1. The first kappa shape index (κ1) is 90.1. The molecule has 0 spiro atoms. The van der Waals surface area contributed by atoms with Gasteiger partial charge in [-0.15, -0.1) is 0 Å². The third-order valence-corrected chi connectivity index (χ3v) is 27.7. The minimum atomic E-state index is -2.12. The van der Waals surface area contributed by atoms with Gasteiger partial charge in [0, 0.05) is 177 Å². The van der Waals surface area contributed by atoms with E-state index in [1.54, 1.807) is 49.4 Å². The molecule has 0 saturated heterocycles. The molecule has 0 amide bonds. The van der Waals surface area contributed by atoms with Crippen LogP contribution < -0.4 is 27.4 Å². The lowest BCUT2D eigenvalue weighted by atomic mass is 9.95. The van der Waals surface area contributed by atoms with Crippen molar-refractivity contribution in [3.63, 3.8) is 0 Å². The van der Waals surface area contributed by atoms with Crippen molar-refractivity contribution in [2.24, 2.45) is 42.3 Å². The number of furan rings is 6. The first-order valence-electron chi connectivity index (χ1n) is 49.5. The fourth-order valence-corrected chi connectivity index (χ4v) is 20.2. The van der Waals surface area contributed by atoms with Gasteiger partial charge >= 0.3 is 0 Å². The number of aromatic nitrogens is 12. The standard InChI is InChI=1S/C22H23N2O.2C21H21N2O.2C20H19N2O.C19H17N2O/c1-13(2)16-8-10-24(5)18(12-16)20-15(4)11-14(3)19-17-7-6-9-23-22(17)25-21(19)20;1-12-10-17(23(5)11-15(12)4)19-14(3)9-13(2)18-16-7-6-8-22-21(16)24-20(18)19;1-13(2)15-9-11-23(4)18(12-15)19-14(3)7-8-16-17-6-5-10-22-21(17)24-20(16)19;1-12-7-8-15-16-6-5-9-21-20(16)23-19(15)18(12)17-10-13(2)14(3)11-22(17)4;1-12-7-8-16(22(4)11-12)18-14(3)10-13(2)17-15-6-5-9-21-20(15)23-19(17)18;1-12-6-9-16(21(3)11-12)17-13(2)7-8-14-15-5-4-10-20-19(15)22-18(14)17/h6-13H,1-5H3;6-11H,1-5H3;5-13H,1-4H3;2*5-11H,1-4H3;4-11H,1-3H3/q6*+1/i;;;;;1D3. The molecule has 18 nitrogen and oxygen atoms in total. The van der Waals surface area contributed by atoms with Gasteiger partial charge in [-0.25, -0.2) is 57.3 Å². The minimum absolute atomic E-state index is 0.315. The van der Waals surface area contributed by atoms with Crippen molar-refractivity contribution in [2.45, 2.75) is 143 Å². The number of aryl methyl sites for hydroxylation is 21. The van der Waals surface area contributed by atoms with E-state index in [-0.39, 0.29) is 0 Å². The third-order valence-electron chi connectivity index (χ3n) is 27.7. The van der Waals surface area contributed by atoms with Crippen molar-refractivity contribution < 1.29 is 58.0 Å². The van der Waals surface area contributed by atoms with Crippen LogP contribution in [-0.2, 0) is 42.3 Å². The van der Waals surface area contributed by atoms with Crippen molar-refractivity contribution in [2.75, 3.05) is 0 Å². The number of nitrogens with zero attached hydrogens (tertiary/aromatic N) is 12. The zero-order chi connectivity index (χ0) is 102. The molecule has 0 atom stereocenters. The highest BCUT2D eigenvalue weighted by Gasteiger charge is 2.31. The van der Waals surface area contributed by atoms with Crippen LogP contribution >= 0.6 is 0 Å². The van der Waals surface area contributed by atoms with E-state index in [4.69, 9.17) is 30.6 Å². The molecule has 141 heavy (non-hydrogen) atoms. The topological polar surface area (TPSA) is 179 Å². The normalized spacial score (nSPS) is 12.0. The van der Waals surface area contributed by atoms with Gasteiger partial charge in [0.25, 0.3) is 0 Å². The smallest absolute Gasteiger partial charge is 0.227 e. The second kappa shape index (κ2) is 38.0. The zero-order valence-electron chi connectivity index (χ0n) is 87.8. The lowest BCUT2D eigenvalue weighted by Gasteiger charge is -2.10. The third kappa shape index (κ3) is 17.4. The molecule has 24 rings (SSSR count). The van der Waals surface area contributed by atoms with Crippen LogP contribution in [-0.4, -0.2) is 29.9 Å². The lowest BCUT2D eigenvalue weighted by molar-refractivity contribution is -0.660. The first-order valence-corrected chi connectivity index (χ1v) is 48.0. The summed E-state index contributed by atoms with van der Waals surface area (Å²) in [4.78, 5) is 26.3. The number of hydrogen-bond donors (Lipinski definition) is 0. The Morgan fingerprint density at radius 3 is 0.816 bits per heavy atom. The predicted octanol–water partition coefficient (Wildman–Crippen LogP) is 27.7. The molecule has 0 fully saturated rings. The average Bonchev–Trinajstić information content (AvgIpc) is 1.62. The van der Waals surface area contributed by atoms with Gasteiger partial charge in [-0.2, -0.15) is 0 Å². The molecule has 0 aliphatic carbocycles. The summed E-state index contributed by atoms with van der Waals surface area (Å²) in [5, 5.41) is 13.1. The number of pyridine rings is 12. The summed E-state index contributed by atoms with van der Waals surface area (Å²) in [6.07, 6.45) is 23.0. The van der Waals surface area contributed by atoms with Crippen molar-refractivity contribution >= 4 is 132 Å². The molecule has 0 saturated carbocycles. The van der Waals surface area contributed by atoms with Crippen molar-refractivity contribution in [1.29, 1.82) is 0 Å². The van der Waals surface area contributed by atoms with Gasteiger partial charge in [0.15, 0.2) is 70.7 Å². The highest BCUT2D eigenvalue weighted by atomic mass is 16.4. The van der Waals surface area contributed by atoms with Crippen LogP contribution in [0.5, 0.6) is 0 Å². The summed E-state index contributed by atoms with van der Waals surface area (Å²) in [6.45, 7) is 36.6. The van der Waals surface area contributed by atoms with E-state index in [0.717, 1.165) is 149 Å². The van der Waals surface area contributed by atoms with E-state index in [0.29, 0.717) is 51.7 Å². The minimum Gasteiger partial charge on any atom is -0.437 e. The first-order chi connectivity index (χ1) is 69.0. The van der Waals surface area contributed by atoms with E-state index in [2.05, 4.69) is 364 Å². The van der Waals surface area contributed by atoms with Crippen LogP contribution in [0.2, 0.25) is 0 Å². The van der Waals surface area contributed by atoms with E-state index in [1.165, 1.54) is 106 Å². The van der Waals surface area contributed by atoms with Crippen molar-refractivity contribution in [3.05, 3.63) is 357 Å². The van der Waals surface area contributed by atoms with Crippen LogP contribution in [0.15, 0.2) is 289 Å². The van der Waals surface area contributed by atoms with Crippen molar-refractivity contribution in [1.82, 2.24) is 29.9 Å². The highest BCUT2D eigenvalue weighted by Crippen LogP contribution is 2.46. The average molecular weight is 1870 g/mol. The molecular weight excluding hydrogens is 1740 g/mol. The van der Waals surface area contributed by atoms with Crippen LogP contribution in [0.1, 0.15) is 138 Å². The second-order valence-corrected chi connectivity index (χ2v) is 38.5. The maximum absolute atomic E-state index is 7.58. The van der Waals surface area contributed by atoms with Gasteiger partial charge in [-0.3, -0.25) is 0 Å². The van der Waals surface area contributed by atoms with Gasteiger partial charge in [0.05, 0.1) is 33.4 Å². The summed E-state index contributed by atoms with van der Waals surface area (Å²) in [5.74, 6) is 0.973. The molecular formula is C123H120N12O6+6. The molecule has 0 N–H and O–H groups in total. The quantitative estimate of drug-likeness (QED) is 0.132. The molecule has 24 aromatic rings.